The molecule has 0 N–H and O–H groups in total. The summed E-state index contributed by atoms with van der Waals surface area (Å²) in [7, 11) is 0. The van der Waals surface area contributed by atoms with Crippen molar-refractivity contribution in [3.05, 3.63) is 32.7 Å². The van der Waals surface area contributed by atoms with Gasteiger partial charge in [-0.25, -0.2) is 4.79 Å². The molecule has 0 fully saturated rings. The fourth-order valence-corrected chi connectivity index (χ4v) is 2.30. The number of terminal acetylenes is 1. The first-order valence-electron chi connectivity index (χ1n) is 6.67. The van der Waals surface area contributed by atoms with E-state index in [0.29, 0.717) is 23.0 Å². The molecule has 2 aromatic rings. The van der Waals surface area contributed by atoms with Crippen molar-refractivity contribution in [1.29, 1.82) is 0 Å². The smallest absolute Gasteiger partial charge is 0.368 e. The van der Waals surface area contributed by atoms with E-state index >= 15 is 0 Å². The zero-order valence-electron chi connectivity index (χ0n) is 11.9. The maximum absolute atomic E-state index is 12.3. The maximum Gasteiger partial charge on any atom is 0.368 e. The van der Waals surface area contributed by atoms with Crippen molar-refractivity contribution in [3.8, 4) is 23.8 Å². The van der Waals surface area contributed by atoms with E-state index < -0.39 is 0 Å². The quantitative estimate of drug-likeness (QED) is 0.758. The predicted molar refractivity (Wildman–Crippen MR) is 84.9 cm³/mol. The summed E-state index contributed by atoms with van der Waals surface area (Å²) in [5.74, 6) is 2.67. The normalized spacial score (nSPS) is 10.5. The number of unbranched alkanes of at least 4 members (excludes halogenated alkanes) is 1. The number of benzene rings is 1. The molecule has 0 amide bonds. The molecule has 1 aromatic heterocycles. The van der Waals surface area contributed by atoms with Crippen LogP contribution in [0.1, 0.15) is 19.8 Å². The van der Waals surface area contributed by atoms with Crippen LogP contribution < -0.4 is 10.4 Å². The molecule has 1 aromatic carbocycles. The molecule has 0 saturated carbocycles. The molecule has 0 spiro atoms. The molecule has 0 saturated heterocycles. The van der Waals surface area contributed by atoms with Crippen LogP contribution in [0.25, 0.3) is 5.69 Å². The lowest BCUT2D eigenvalue weighted by Gasteiger charge is -2.09. The second-order valence-corrected chi connectivity index (χ2v) is 5.29. The van der Waals surface area contributed by atoms with E-state index in [1.807, 2.05) is 6.92 Å². The summed E-state index contributed by atoms with van der Waals surface area (Å²) in [5.41, 5.74) is -0.0357. The molecule has 2 rings (SSSR count). The fraction of sp³-hybridized carbons (Fsp3) is 0.357. The molecule has 0 atom stereocenters. The van der Waals surface area contributed by atoms with Gasteiger partial charge < -0.3 is 4.74 Å². The molecule has 116 valence electrons. The van der Waals surface area contributed by atoms with E-state index in [0.717, 1.165) is 17.5 Å². The summed E-state index contributed by atoms with van der Waals surface area (Å²) >= 11 is 12.2. The van der Waals surface area contributed by atoms with Gasteiger partial charge in [-0.2, -0.15) is 9.36 Å². The first-order chi connectivity index (χ1) is 10.6. The number of hydrogen-bond donors (Lipinski definition) is 0. The molecule has 0 bridgehead atoms. The van der Waals surface area contributed by atoms with Crippen molar-refractivity contribution < 1.29 is 4.74 Å². The second-order valence-electron chi connectivity index (χ2n) is 4.48. The Bertz CT molecular complexity index is 761. The van der Waals surface area contributed by atoms with Gasteiger partial charge in [0.15, 0.2) is 0 Å². The largest absolute Gasteiger partial charge is 0.479 e. The average molecular weight is 341 g/mol. The number of hydrogen-bond acceptors (Lipinski definition) is 4. The van der Waals surface area contributed by atoms with Crippen LogP contribution in [0.3, 0.4) is 0 Å². The third-order valence-electron chi connectivity index (χ3n) is 2.90. The van der Waals surface area contributed by atoms with Crippen molar-refractivity contribution >= 4 is 23.2 Å². The minimum atomic E-state index is -0.374. The van der Waals surface area contributed by atoms with Crippen LogP contribution in [0, 0.1) is 12.3 Å². The average Bonchev–Trinajstić information content (AvgIpc) is 2.85. The molecule has 1 heterocycles. The van der Waals surface area contributed by atoms with Gasteiger partial charge in [0.1, 0.15) is 12.4 Å². The number of halogens is 2. The zero-order chi connectivity index (χ0) is 16.1. The molecular formula is C14H14Cl2N4O2. The Morgan fingerprint density at radius 2 is 2.09 bits per heavy atom. The number of tetrazole rings is 1. The lowest BCUT2D eigenvalue weighted by molar-refractivity contribution is 0.370. The number of ether oxygens (including phenoxy) is 1. The highest BCUT2D eigenvalue weighted by atomic mass is 35.5. The maximum atomic E-state index is 12.3. The van der Waals surface area contributed by atoms with Gasteiger partial charge in [-0.05, 0) is 22.9 Å². The van der Waals surface area contributed by atoms with Gasteiger partial charge in [-0.15, -0.1) is 6.42 Å². The third kappa shape index (κ3) is 3.43. The molecule has 0 aliphatic heterocycles. The first kappa shape index (κ1) is 16.4. The van der Waals surface area contributed by atoms with Gasteiger partial charge in [0, 0.05) is 12.6 Å². The molecule has 22 heavy (non-hydrogen) atoms. The molecule has 0 radical (unpaired) electrons. The lowest BCUT2D eigenvalue weighted by Crippen LogP contribution is -2.24. The molecule has 8 heteroatoms. The van der Waals surface area contributed by atoms with Gasteiger partial charge in [0.05, 0.1) is 15.7 Å². The van der Waals surface area contributed by atoms with Crippen LogP contribution in [0.4, 0.5) is 0 Å². The Balaban J connectivity index is 2.42. The molecular weight excluding hydrogens is 327 g/mol. The standard InChI is InChI=1S/C14H14Cl2N4O2/c1-3-5-6-19-14(21)20(18-17-19)12-9-13(22-7-4-2)11(16)8-10(12)15/h2,8-9H,3,5-7H2,1H3. The Hall–Kier alpha value is -1.97. The SMILES string of the molecule is C#CCOc1cc(-n2nnn(CCCC)c2=O)c(Cl)cc1Cl. The highest BCUT2D eigenvalue weighted by Crippen LogP contribution is 2.32. The minimum absolute atomic E-state index is 0.0544. The summed E-state index contributed by atoms with van der Waals surface area (Å²) in [6.45, 7) is 2.58. The van der Waals surface area contributed by atoms with Crippen LogP contribution >= 0.6 is 23.2 Å². The van der Waals surface area contributed by atoms with Crippen molar-refractivity contribution in [2.24, 2.45) is 0 Å². The first-order valence-corrected chi connectivity index (χ1v) is 7.42. The van der Waals surface area contributed by atoms with Crippen molar-refractivity contribution in [3.63, 3.8) is 0 Å². The summed E-state index contributed by atoms with van der Waals surface area (Å²) < 4.78 is 7.71. The number of nitrogens with zero attached hydrogens (tertiary/aromatic N) is 4. The molecule has 0 aliphatic carbocycles. The summed E-state index contributed by atoms with van der Waals surface area (Å²) in [6, 6.07) is 2.99. The van der Waals surface area contributed by atoms with Crippen LogP contribution in [-0.2, 0) is 6.54 Å². The van der Waals surface area contributed by atoms with Gasteiger partial charge in [0.25, 0.3) is 0 Å². The summed E-state index contributed by atoms with van der Waals surface area (Å²) in [6.07, 6.45) is 6.94. The van der Waals surface area contributed by atoms with Gasteiger partial charge in [0.2, 0.25) is 0 Å². The Morgan fingerprint density at radius 1 is 1.32 bits per heavy atom. The van der Waals surface area contributed by atoms with Crippen LogP contribution in [0.5, 0.6) is 5.75 Å². The third-order valence-corrected chi connectivity index (χ3v) is 3.50. The van der Waals surface area contributed by atoms with E-state index in [4.69, 9.17) is 34.4 Å². The van der Waals surface area contributed by atoms with Gasteiger partial charge in [-0.3, -0.25) is 0 Å². The van der Waals surface area contributed by atoms with Gasteiger partial charge in [-0.1, -0.05) is 42.5 Å². The van der Waals surface area contributed by atoms with E-state index in [1.165, 1.54) is 16.8 Å². The molecule has 0 unspecified atom stereocenters. The lowest BCUT2D eigenvalue weighted by atomic mass is 10.3. The molecule has 6 nitrogen and oxygen atoms in total. The Labute approximate surface area is 137 Å². The number of aryl methyl sites for hydroxylation is 1. The van der Waals surface area contributed by atoms with Crippen molar-refractivity contribution in [2.45, 2.75) is 26.3 Å². The Kier molecular flexibility index (Phi) is 5.47. The Morgan fingerprint density at radius 3 is 2.77 bits per heavy atom. The number of aromatic nitrogens is 4. The van der Waals surface area contributed by atoms with Crippen molar-refractivity contribution in [1.82, 2.24) is 19.8 Å². The molecule has 0 aliphatic rings. The summed E-state index contributed by atoms with van der Waals surface area (Å²) in [5, 5.41) is 8.25. The fourth-order valence-electron chi connectivity index (χ4n) is 1.78. The van der Waals surface area contributed by atoms with E-state index in [1.54, 1.807) is 0 Å². The van der Waals surface area contributed by atoms with E-state index in [-0.39, 0.29) is 17.3 Å². The van der Waals surface area contributed by atoms with Crippen LogP contribution in [0.2, 0.25) is 10.0 Å². The van der Waals surface area contributed by atoms with E-state index in [9.17, 15) is 4.79 Å². The van der Waals surface area contributed by atoms with Crippen LogP contribution in [0.15, 0.2) is 16.9 Å². The monoisotopic (exact) mass is 340 g/mol. The zero-order valence-corrected chi connectivity index (χ0v) is 13.4. The minimum Gasteiger partial charge on any atom is -0.479 e. The highest BCUT2D eigenvalue weighted by molar-refractivity contribution is 6.36. The predicted octanol–water partition coefficient (Wildman–Crippen LogP) is 2.55. The summed E-state index contributed by atoms with van der Waals surface area (Å²) in [4.78, 5) is 12.3. The second kappa shape index (κ2) is 7.34. The number of rotatable bonds is 6. The van der Waals surface area contributed by atoms with Crippen LogP contribution in [-0.4, -0.2) is 26.4 Å². The topological polar surface area (TPSA) is 61.9 Å². The van der Waals surface area contributed by atoms with Gasteiger partial charge >= 0.3 is 5.69 Å². The highest BCUT2D eigenvalue weighted by Gasteiger charge is 2.15. The van der Waals surface area contributed by atoms with E-state index in [2.05, 4.69) is 16.3 Å². The van der Waals surface area contributed by atoms with Crippen molar-refractivity contribution in [2.75, 3.05) is 6.61 Å².